The van der Waals surface area contributed by atoms with E-state index in [-0.39, 0.29) is 22.8 Å². The van der Waals surface area contributed by atoms with Gasteiger partial charge < -0.3 is 9.51 Å². The number of nitrogens with one attached hydrogen (secondary N) is 1. The lowest BCUT2D eigenvalue weighted by molar-refractivity contribution is 0.431. The molecule has 2 heterocycles. The Bertz CT molecular complexity index is 1140. The molecule has 128 valence electrons. The fraction of sp³-hybridized carbons (Fsp3) is 0. The second-order valence-electron chi connectivity index (χ2n) is 5.39. The second-order valence-corrected chi connectivity index (χ2v) is 6.23. The molecule has 8 heteroatoms. The molecule has 6 nitrogen and oxygen atoms in total. The van der Waals surface area contributed by atoms with Gasteiger partial charge in [0.1, 0.15) is 11.4 Å². The first kappa shape index (κ1) is 16.5. The Labute approximate surface area is 157 Å². The van der Waals surface area contributed by atoms with Gasteiger partial charge in [-0.1, -0.05) is 58.7 Å². The van der Waals surface area contributed by atoms with E-state index in [4.69, 9.17) is 27.7 Å². The fourth-order valence-electron chi connectivity index (χ4n) is 2.40. The highest BCUT2D eigenvalue weighted by Crippen LogP contribution is 2.29. The van der Waals surface area contributed by atoms with E-state index in [9.17, 15) is 4.79 Å². The first-order valence-corrected chi connectivity index (χ1v) is 8.31. The van der Waals surface area contributed by atoms with Crippen LogP contribution in [0, 0.1) is 0 Å². The lowest BCUT2D eigenvalue weighted by atomic mass is 10.2. The number of aromatic nitrogens is 4. The number of H-pyrrole nitrogens is 1. The van der Waals surface area contributed by atoms with Gasteiger partial charge in [-0.15, -0.1) is 0 Å². The molecule has 0 bridgehead atoms. The van der Waals surface area contributed by atoms with Crippen molar-refractivity contribution in [3.05, 3.63) is 75.1 Å². The maximum absolute atomic E-state index is 12.4. The summed E-state index contributed by atoms with van der Waals surface area (Å²) in [5.41, 5.74) is 1.15. The zero-order valence-corrected chi connectivity index (χ0v) is 14.6. The van der Waals surface area contributed by atoms with Crippen LogP contribution in [-0.2, 0) is 0 Å². The smallest absolute Gasteiger partial charge is 0.265 e. The van der Waals surface area contributed by atoms with Crippen LogP contribution < -0.4 is 5.56 Å². The number of aromatic amines is 1. The van der Waals surface area contributed by atoms with Crippen molar-refractivity contribution in [1.29, 1.82) is 0 Å². The van der Waals surface area contributed by atoms with Gasteiger partial charge in [-0.3, -0.25) is 4.79 Å². The van der Waals surface area contributed by atoms with Crippen molar-refractivity contribution in [2.45, 2.75) is 0 Å². The molecule has 2 aromatic carbocycles. The van der Waals surface area contributed by atoms with E-state index in [1.54, 1.807) is 18.2 Å². The van der Waals surface area contributed by atoms with Gasteiger partial charge >= 0.3 is 0 Å². The first-order chi connectivity index (χ1) is 12.6. The van der Waals surface area contributed by atoms with Crippen LogP contribution in [0.5, 0.6) is 0 Å². The molecule has 0 aliphatic rings. The van der Waals surface area contributed by atoms with E-state index < -0.39 is 0 Å². The van der Waals surface area contributed by atoms with Gasteiger partial charge in [0.2, 0.25) is 5.82 Å². The van der Waals surface area contributed by atoms with E-state index in [0.29, 0.717) is 21.4 Å². The largest absolute Gasteiger partial charge is 0.333 e. The average Bonchev–Trinajstić information content (AvgIpc) is 3.12. The molecule has 0 spiro atoms. The average molecular weight is 385 g/mol. The van der Waals surface area contributed by atoms with Gasteiger partial charge in [0, 0.05) is 22.3 Å². The summed E-state index contributed by atoms with van der Waals surface area (Å²) in [5, 5.41) is 4.77. The summed E-state index contributed by atoms with van der Waals surface area (Å²) in [6.45, 7) is 0. The molecular formula is C18H10Cl2N4O2. The van der Waals surface area contributed by atoms with E-state index in [1.165, 1.54) is 6.20 Å². The van der Waals surface area contributed by atoms with Crippen LogP contribution in [0.3, 0.4) is 0 Å². The van der Waals surface area contributed by atoms with E-state index in [2.05, 4.69) is 20.1 Å². The summed E-state index contributed by atoms with van der Waals surface area (Å²) in [6, 6.07) is 14.3. The third-order valence-corrected chi connectivity index (χ3v) is 4.22. The molecule has 0 atom stereocenters. The van der Waals surface area contributed by atoms with Crippen LogP contribution in [0.15, 0.2) is 64.0 Å². The van der Waals surface area contributed by atoms with Crippen LogP contribution in [0.4, 0.5) is 0 Å². The maximum atomic E-state index is 12.4. The van der Waals surface area contributed by atoms with Crippen molar-refractivity contribution in [3.63, 3.8) is 0 Å². The summed E-state index contributed by atoms with van der Waals surface area (Å²) in [7, 11) is 0. The van der Waals surface area contributed by atoms with Gasteiger partial charge in [0.25, 0.3) is 11.4 Å². The number of nitrogens with zero attached hydrogens (tertiary/aromatic N) is 3. The van der Waals surface area contributed by atoms with Gasteiger partial charge in [-0.2, -0.15) is 4.98 Å². The summed E-state index contributed by atoms with van der Waals surface area (Å²) >= 11 is 12.0. The Hall–Kier alpha value is -2.96. The standard InChI is InChI=1S/C18H10Cl2N4O2/c19-11-6-7-12(14(20)8-11)16-23-18(26-24-16)13-9-21-15(22-17(13)25)10-4-2-1-3-5-10/h1-9H,(H,21,22,25). The van der Waals surface area contributed by atoms with Gasteiger partial charge in [0.05, 0.1) is 5.02 Å². The fourth-order valence-corrected chi connectivity index (χ4v) is 2.90. The quantitative estimate of drug-likeness (QED) is 0.563. The Balaban J connectivity index is 1.71. The summed E-state index contributed by atoms with van der Waals surface area (Å²) in [6.07, 6.45) is 1.40. The maximum Gasteiger partial charge on any atom is 0.265 e. The number of hydrogen-bond donors (Lipinski definition) is 1. The second kappa shape index (κ2) is 6.74. The summed E-state index contributed by atoms with van der Waals surface area (Å²) in [4.78, 5) is 23.6. The highest BCUT2D eigenvalue weighted by Gasteiger charge is 2.16. The minimum atomic E-state index is -0.378. The minimum Gasteiger partial charge on any atom is -0.333 e. The molecule has 0 saturated carbocycles. The zero-order chi connectivity index (χ0) is 18.1. The predicted molar refractivity (Wildman–Crippen MR) is 99.0 cm³/mol. The van der Waals surface area contributed by atoms with Crippen molar-refractivity contribution in [3.8, 4) is 34.2 Å². The molecule has 0 saturated heterocycles. The van der Waals surface area contributed by atoms with Crippen LogP contribution >= 0.6 is 23.2 Å². The molecule has 4 rings (SSSR count). The topological polar surface area (TPSA) is 84.7 Å². The van der Waals surface area contributed by atoms with Crippen molar-refractivity contribution in [2.24, 2.45) is 0 Å². The number of rotatable bonds is 3. The Morgan fingerprint density at radius 1 is 1.00 bits per heavy atom. The highest BCUT2D eigenvalue weighted by atomic mass is 35.5. The van der Waals surface area contributed by atoms with Gasteiger partial charge in [0.15, 0.2) is 0 Å². The Kier molecular flexibility index (Phi) is 4.28. The molecule has 4 aromatic rings. The number of halogens is 2. The van der Waals surface area contributed by atoms with Crippen LogP contribution in [-0.4, -0.2) is 20.1 Å². The SMILES string of the molecule is O=c1[nH]c(-c2ccccc2)ncc1-c1nc(-c2ccc(Cl)cc2Cl)no1. The van der Waals surface area contributed by atoms with Crippen molar-refractivity contribution >= 4 is 23.2 Å². The van der Waals surface area contributed by atoms with Gasteiger partial charge in [-0.05, 0) is 18.2 Å². The number of hydrogen-bond acceptors (Lipinski definition) is 5. The highest BCUT2D eigenvalue weighted by molar-refractivity contribution is 6.36. The predicted octanol–water partition coefficient (Wildman–Crippen LogP) is 4.46. The molecule has 0 radical (unpaired) electrons. The van der Waals surface area contributed by atoms with Gasteiger partial charge in [-0.25, -0.2) is 4.98 Å². The molecule has 1 N–H and O–H groups in total. The number of benzene rings is 2. The monoisotopic (exact) mass is 384 g/mol. The molecule has 0 unspecified atom stereocenters. The lowest BCUT2D eigenvalue weighted by Gasteiger charge is -2.00. The third-order valence-electron chi connectivity index (χ3n) is 3.68. The molecule has 26 heavy (non-hydrogen) atoms. The molecule has 0 fully saturated rings. The van der Waals surface area contributed by atoms with E-state index >= 15 is 0 Å². The third kappa shape index (κ3) is 3.12. The molecule has 0 aliphatic carbocycles. The lowest BCUT2D eigenvalue weighted by Crippen LogP contribution is -2.11. The van der Waals surface area contributed by atoms with Crippen LogP contribution in [0.2, 0.25) is 10.0 Å². The van der Waals surface area contributed by atoms with E-state index in [0.717, 1.165) is 5.56 Å². The minimum absolute atomic E-state index is 0.0550. The first-order valence-electron chi connectivity index (χ1n) is 7.56. The Morgan fingerprint density at radius 3 is 2.54 bits per heavy atom. The normalized spacial score (nSPS) is 10.8. The van der Waals surface area contributed by atoms with E-state index in [1.807, 2.05) is 30.3 Å². The molecule has 0 amide bonds. The van der Waals surface area contributed by atoms with Crippen molar-refractivity contribution < 1.29 is 4.52 Å². The van der Waals surface area contributed by atoms with Crippen molar-refractivity contribution in [1.82, 2.24) is 20.1 Å². The summed E-state index contributed by atoms with van der Waals surface area (Å²) < 4.78 is 5.20. The summed E-state index contributed by atoms with van der Waals surface area (Å²) in [5.74, 6) is 0.771. The van der Waals surface area contributed by atoms with Crippen LogP contribution in [0.1, 0.15) is 0 Å². The van der Waals surface area contributed by atoms with Crippen molar-refractivity contribution in [2.75, 3.05) is 0 Å². The molecule has 0 aliphatic heterocycles. The van der Waals surface area contributed by atoms with Crippen LogP contribution in [0.25, 0.3) is 34.2 Å². The molecular weight excluding hydrogens is 375 g/mol. The Morgan fingerprint density at radius 2 is 1.81 bits per heavy atom. The molecule has 2 aromatic heterocycles. The zero-order valence-electron chi connectivity index (χ0n) is 13.1.